The van der Waals surface area contributed by atoms with Crippen molar-refractivity contribution in [3.63, 3.8) is 0 Å². The minimum atomic E-state index is -4.99. The highest BCUT2D eigenvalue weighted by Gasteiger charge is 2.30. The Morgan fingerprint density at radius 3 is 0.732 bits per heavy atom. The summed E-state index contributed by atoms with van der Waals surface area (Å²) in [5, 5.41) is 10.7. The predicted molar refractivity (Wildman–Crippen MR) is 464 cm³/mol. The van der Waals surface area contributed by atoms with Gasteiger partial charge in [0.05, 0.1) is 26.4 Å². The van der Waals surface area contributed by atoms with Crippen LogP contribution in [0.4, 0.5) is 0 Å². The molecule has 0 aromatic rings. The summed E-state index contributed by atoms with van der Waals surface area (Å²) < 4.78 is 69.0. The number of allylic oxidation sites excluding steroid dienone is 20. The number of carbonyl (C=O) groups excluding carboxylic acids is 4. The van der Waals surface area contributed by atoms with Gasteiger partial charge in [-0.2, -0.15) is 0 Å². The van der Waals surface area contributed by atoms with E-state index in [0.717, 1.165) is 205 Å². The Morgan fingerprint density at radius 2 is 0.464 bits per heavy atom. The van der Waals surface area contributed by atoms with E-state index in [1.807, 2.05) is 0 Å². The quantitative estimate of drug-likeness (QED) is 0.0169. The molecule has 0 fully saturated rings. The van der Waals surface area contributed by atoms with Gasteiger partial charge in [-0.15, -0.1) is 0 Å². The van der Waals surface area contributed by atoms with Gasteiger partial charge in [-0.25, -0.2) is 9.13 Å². The summed E-state index contributed by atoms with van der Waals surface area (Å²) in [6.07, 6.45) is 95.6. The van der Waals surface area contributed by atoms with Crippen LogP contribution in [0, 0.1) is 0 Å². The normalized spacial score (nSPS) is 14.3. The van der Waals surface area contributed by atoms with E-state index in [0.29, 0.717) is 25.7 Å². The summed E-state index contributed by atoms with van der Waals surface area (Å²) in [6.45, 7) is 4.74. The first-order chi connectivity index (χ1) is 54.7. The van der Waals surface area contributed by atoms with E-state index in [-0.39, 0.29) is 25.7 Å². The van der Waals surface area contributed by atoms with Crippen LogP contribution in [0.2, 0.25) is 0 Å². The third kappa shape index (κ3) is 83.4. The molecule has 0 aromatic heterocycles. The van der Waals surface area contributed by atoms with E-state index < -0.39 is 97.5 Å². The molecule has 0 spiro atoms. The fourth-order valence-electron chi connectivity index (χ4n) is 12.1. The molecule has 0 aliphatic carbocycles. The van der Waals surface area contributed by atoms with Gasteiger partial charge in [0.2, 0.25) is 0 Å². The average Bonchev–Trinajstić information content (AvgIpc) is 0.898. The molecular formula is C93H162O17P2. The van der Waals surface area contributed by atoms with Crippen LogP contribution in [0.3, 0.4) is 0 Å². The molecule has 0 aliphatic rings. The molecule has 19 heteroatoms. The average molecular weight is 1610 g/mol. The topological polar surface area (TPSA) is 237 Å². The highest BCUT2D eigenvalue weighted by Crippen LogP contribution is 2.45. The monoisotopic (exact) mass is 1610 g/mol. The number of aliphatic hydroxyl groups is 1. The van der Waals surface area contributed by atoms with Crippen molar-refractivity contribution in [2.45, 2.75) is 406 Å². The second kappa shape index (κ2) is 84.4. The Labute approximate surface area is 682 Å². The molecule has 0 radical (unpaired) electrons. The Bertz CT molecular complexity index is 2590. The molecule has 0 aromatic carbocycles. The van der Waals surface area contributed by atoms with Crippen LogP contribution in [0.1, 0.15) is 387 Å². The lowest BCUT2D eigenvalue weighted by molar-refractivity contribution is -0.161. The maximum atomic E-state index is 13.2. The van der Waals surface area contributed by atoms with Crippen LogP contribution in [0.25, 0.3) is 0 Å². The Balaban J connectivity index is 5.40. The van der Waals surface area contributed by atoms with E-state index in [4.69, 9.17) is 37.0 Å². The van der Waals surface area contributed by atoms with E-state index >= 15 is 0 Å². The molecule has 5 atom stereocenters. The molecular weight excluding hydrogens is 1450 g/mol. The summed E-state index contributed by atoms with van der Waals surface area (Å²) in [6, 6.07) is 0. The summed E-state index contributed by atoms with van der Waals surface area (Å²) in [7, 11) is -9.98. The van der Waals surface area contributed by atoms with Gasteiger partial charge in [-0.1, -0.05) is 342 Å². The zero-order valence-electron chi connectivity index (χ0n) is 71.1. The minimum Gasteiger partial charge on any atom is -0.462 e. The number of ether oxygens (including phenoxy) is 4. The lowest BCUT2D eigenvalue weighted by Crippen LogP contribution is -2.30. The van der Waals surface area contributed by atoms with Gasteiger partial charge in [0.15, 0.2) is 12.2 Å². The number of hydrogen-bond donors (Lipinski definition) is 3. The smallest absolute Gasteiger partial charge is 0.462 e. The number of unbranched alkanes of at least 4 members (excludes halogenated alkanes) is 38. The molecule has 0 amide bonds. The van der Waals surface area contributed by atoms with Gasteiger partial charge in [0.25, 0.3) is 0 Å². The van der Waals surface area contributed by atoms with Crippen molar-refractivity contribution in [3.8, 4) is 0 Å². The van der Waals surface area contributed by atoms with Gasteiger partial charge in [-0.3, -0.25) is 37.3 Å². The predicted octanol–water partition coefficient (Wildman–Crippen LogP) is 27.0. The molecule has 0 aliphatic heterocycles. The van der Waals surface area contributed by atoms with Crippen LogP contribution in [0.15, 0.2) is 122 Å². The van der Waals surface area contributed by atoms with Gasteiger partial charge >= 0.3 is 39.5 Å². The van der Waals surface area contributed by atoms with Crippen LogP contribution >= 0.6 is 15.6 Å². The zero-order valence-corrected chi connectivity index (χ0v) is 72.9. The van der Waals surface area contributed by atoms with Crippen molar-refractivity contribution >= 4 is 39.5 Å². The zero-order chi connectivity index (χ0) is 81.7. The van der Waals surface area contributed by atoms with Crippen LogP contribution in [0.5, 0.6) is 0 Å². The standard InChI is InChI=1S/C93H162O17P2/c1-5-9-13-17-21-25-29-33-37-40-43-46-50-53-57-61-65-69-73-77-90(95)103-83-88(109-92(97)79-75-71-67-63-59-55-49-36-32-28-24-20-16-12-8-4)85-107-111(99,100)105-81-87(94)82-106-112(101,102)108-86-89(110-93(98)80-76-72-68-64-60-56-52-48-45-42-39-35-31-27-23-19-15-11-7-3)84-104-91(96)78-74-70-66-62-58-54-51-47-44-41-38-34-30-26-22-18-14-10-6-2/h10,14,21-23,25-27,33-35,37-39,43-48,87-89,94H,5-9,11-13,15-20,24,28-32,36,40-42,49-86H2,1-4H3,(H,99,100)(H,101,102)/b14-10-,25-21-,26-22-,27-23-,37-33-,38-34-,39-35-,46-43-,47-44-,48-45-. The lowest BCUT2D eigenvalue weighted by Gasteiger charge is -2.21. The SMILES string of the molecule is CC/C=C\C/C=C\C/C=C\C/C=C\CCCCCCCCC(=O)OCC(COP(=O)(O)OCC(O)COP(=O)(O)OCC(COC(=O)CCCCCCCC/C=C\C/C=C\C/C=C\CCCCC)OC(=O)CCCCCCCCCCCCCCCCC)OC(=O)CCCCCCCC/C=C\C/C=C\C/C=C\CCCCC. The van der Waals surface area contributed by atoms with Crippen LogP contribution in [-0.2, 0) is 65.4 Å². The molecule has 0 saturated carbocycles. The molecule has 0 bridgehead atoms. The van der Waals surface area contributed by atoms with E-state index in [9.17, 15) is 43.2 Å². The number of aliphatic hydroxyl groups excluding tert-OH is 1. The molecule has 0 saturated heterocycles. The molecule has 3 N–H and O–H groups in total. The number of esters is 4. The number of phosphoric ester groups is 2. The fourth-order valence-corrected chi connectivity index (χ4v) is 13.7. The van der Waals surface area contributed by atoms with Gasteiger partial charge in [-0.05, 0) is 141 Å². The highest BCUT2D eigenvalue weighted by molar-refractivity contribution is 7.47. The minimum absolute atomic E-state index is 0.0755. The summed E-state index contributed by atoms with van der Waals surface area (Å²) >= 11 is 0. The molecule has 17 nitrogen and oxygen atoms in total. The van der Waals surface area contributed by atoms with Crippen LogP contribution < -0.4 is 0 Å². The number of phosphoric acid groups is 2. The fraction of sp³-hybridized carbons (Fsp3) is 0.742. The van der Waals surface area contributed by atoms with Crippen molar-refractivity contribution in [3.05, 3.63) is 122 Å². The van der Waals surface area contributed by atoms with Crippen molar-refractivity contribution in [2.24, 2.45) is 0 Å². The number of rotatable bonds is 84. The first-order valence-electron chi connectivity index (χ1n) is 44.8. The van der Waals surface area contributed by atoms with E-state index in [1.54, 1.807) is 0 Å². The van der Waals surface area contributed by atoms with Crippen molar-refractivity contribution in [1.29, 1.82) is 0 Å². The summed E-state index contributed by atoms with van der Waals surface area (Å²) in [5.74, 6) is -2.19. The molecule has 0 rings (SSSR count). The summed E-state index contributed by atoms with van der Waals surface area (Å²) in [4.78, 5) is 73.4. The lowest BCUT2D eigenvalue weighted by atomic mass is 10.0. The third-order valence-electron chi connectivity index (χ3n) is 18.9. The number of carbonyl (C=O) groups is 4. The van der Waals surface area contributed by atoms with Gasteiger partial charge in [0, 0.05) is 25.7 Å². The first kappa shape index (κ1) is 107. The van der Waals surface area contributed by atoms with E-state index in [2.05, 4.69) is 149 Å². The van der Waals surface area contributed by atoms with E-state index in [1.165, 1.54) is 103 Å². The Hall–Kier alpha value is -4.54. The largest absolute Gasteiger partial charge is 0.472 e. The third-order valence-corrected chi connectivity index (χ3v) is 20.8. The van der Waals surface area contributed by atoms with Gasteiger partial charge < -0.3 is 33.8 Å². The molecule has 646 valence electrons. The van der Waals surface area contributed by atoms with Crippen molar-refractivity contribution in [1.82, 2.24) is 0 Å². The van der Waals surface area contributed by atoms with Gasteiger partial charge in [0.1, 0.15) is 19.3 Å². The Kier molecular flexibility index (Phi) is 81.0. The van der Waals surface area contributed by atoms with Crippen molar-refractivity contribution < 1.29 is 80.2 Å². The maximum absolute atomic E-state index is 13.2. The van der Waals surface area contributed by atoms with Crippen molar-refractivity contribution in [2.75, 3.05) is 39.6 Å². The van der Waals surface area contributed by atoms with Crippen LogP contribution in [-0.4, -0.2) is 96.7 Å². The molecule has 0 heterocycles. The molecule has 5 unspecified atom stereocenters. The second-order valence-electron chi connectivity index (χ2n) is 29.8. The Morgan fingerprint density at radius 1 is 0.259 bits per heavy atom. The maximum Gasteiger partial charge on any atom is 0.472 e. The number of hydrogen-bond acceptors (Lipinski definition) is 15. The highest BCUT2D eigenvalue weighted by atomic mass is 31.2. The second-order valence-corrected chi connectivity index (χ2v) is 32.7. The first-order valence-corrected chi connectivity index (χ1v) is 47.8. The molecule has 112 heavy (non-hydrogen) atoms. The summed E-state index contributed by atoms with van der Waals surface area (Å²) in [5.41, 5.74) is 0.